The second-order valence-electron chi connectivity index (χ2n) is 13.7. The number of esters is 1. The van der Waals surface area contributed by atoms with Gasteiger partial charge < -0.3 is 19.0 Å². The van der Waals surface area contributed by atoms with Gasteiger partial charge >= 0.3 is 53.6 Å². The largest absolute Gasteiger partial charge is 0.491 e. The molecule has 0 amide bonds. The lowest BCUT2D eigenvalue weighted by Crippen LogP contribution is -2.74. The van der Waals surface area contributed by atoms with Crippen molar-refractivity contribution in [2.45, 2.75) is 131 Å². The maximum atomic E-state index is 14.9. The van der Waals surface area contributed by atoms with E-state index in [0.717, 1.165) is 0 Å². The number of rotatable bonds is 24. The molecule has 1 atom stereocenters. The third-order valence-corrected chi connectivity index (χ3v) is 14.9. The van der Waals surface area contributed by atoms with Crippen molar-refractivity contribution in [1.82, 2.24) is 0 Å². The topological polar surface area (TPSA) is 65.0 Å². The van der Waals surface area contributed by atoms with Gasteiger partial charge in [-0.1, -0.05) is 58.1 Å². The first kappa shape index (κ1) is 52.9. The van der Waals surface area contributed by atoms with Gasteiger partial charge in [-0.2, -0.15) is 74.6 Å². The molecule has 0 unspecified atom stereocenters. The van der Waals surface area contributed by atoms with Crippen LogP contribution in [0.1, 0.15) is 72.0 Å². The molecule has 0 saturated carbocycles. The lowest BCUT2D eigenvalue weighted by molar-refractivity contribution is -0.461. The summed E-state index contributed by atoms with van der Waals surface area (Å²) in [5.41, 5.74) is -1.19. The monoisotopic (exact) mass is 894 g/mol. The molecule has 1 rings (SSSR count). The molecule has 0 radical (unpaired) electrons. The van der Waals surface area contributed by atoms with E-state index in [2.05, 4.69) is 0 Å². The molecule has 0 aliphatic rings. The Balaban J connectivity index is 3.06. The number of aliphatic hydroxyl groups is 1. The normalized spacial score (nSPS) is 15.3. The van der Waals surface area contributed by atoms with Gasteiger partial charge in [-0.25, -0.2) is 4.79 Å². The van der Waals surface area contributed by atoms with Gasteiger partial charge in [-0.05, 0) is 61.0 Å². The van der Waals surface area contributed by atoms with Crippen molar-refractivity contribution in [3.8, 4) is 5.75 Å². The van der Waals surface area contributed by atoms with Crippen LogP contribution in [-0.2, 0) is 14.0 Å². The second kappa shape index (κ2) is 19.5. The zero-order valence-electron chi connectivity index (χ0n) is 31.5. The summed E-state index contributed by atoms with van der Waals surface area (Å²) in [6, 6.07) is 4.62. The van der Waals surface area contributed by atoms with Crippen molar-refractivity contribution in [2.24, 2.45) is 0 Å². The van der Waals surface area contributed by atoms with Crippen LogP contribution in [0, 0.1) is 0 Å². The van der Waals surface area contributed by atoms with Crippen LogP contribution < -0.4 is 4.74 Å². The summed E-state index contributed by atoms with van der Waals surface area (Å²) in [5.74, 6) is -56.9. The predicted molar refractivity (Wildman–Crippen MR) is 178 cm³/mol. The van der Waals surface area contributed by atoms with Crippen molar-refractivity contribution < 1.29 is 98.4 Å². The van der Waals surface area contributed by atoms with Crippen molar-refractivity contribution in [3.05, 3.63) is 54.1 Å². The number of allylic oxidation sites excluding steroid dienone is 3. The van der Waals surface area contributed by atoms with Crippen LogP contribution in [0.3, 0.4) is 0 Å². The zero-order chi connectivity index (χ0) is 45.4. The number of carbonyl (C=O) groups excluding carboxylic acids is 1. The van der Waals surface area contributed by atoms with E-state index in [4.69, 9.17) is 13.9 Å². The molecular weight excluding hydrogens is 851 g/mol. The van der Waals surface area contributed by atoms with Crippen LogP contribution in [0.25, 0.3) is 0 Å². The number of halogens is 17. The Labute approximate surface area is 323 Å². The van der Waals surface area contributed by atoms with E-state index in [1.54, 1.807) is 19.1 Å². The first-order valence-corrected chi connectivity index (χ1v) is 19.7. The number of hydrogen-bond acceptors (Lipinski definition) is 5. The van der Waals surface area contributed by atoms with E-state index < -0.39 is 98.2 Å². The maximum absolute atomic E-state index is 14.9. The van der Waals surface area contributed by atoms with Gasteiger partial charge in [0.2, 0.25) is 0 Å². The standard InChI is InChI=1S/C35H43F17O5Si/c1-6-55-27(54)13-11-9-7-8-10-12-26(53)24-14-16-25(17-15-24)56-19-20-57-58(22(2)3,23(4)5)21-18-28(36,37)29(38,39)30(40,41)31(42,43)32(44,45)33(46,47)34(48,49)35(50,51)52/h7,9,11,13-17,22-23,26,53H,6,8,10,12,18-21H2,1-5H3/b9-7+,13-11+/t26-/m1/s1. The summed E-state index contributed by atoms with van der Waals surface area (Å²) in [6.45, 7) is 6.40. The summed E-state index contributed by atoms with van der Waals surface area (Å²) in [4.78, 5) is 11.2. The minimum absolute atomic E-state index is 0.196. The van der Waals surface area contributed by atoms with E-state index in [1.807, 2.05) is 0 Å². The highest BCUT2D eigenvalue weighted by Gasteiger charge is 2.95. The first-order valence-electron chi connectivity index (χ1n) is 17.4. The van der Waals surface area contributed by atoms with Crippen molar-refractivity contribution in [1.29, 1.82) is 0 Å². The first-order chi connectivity index (χ1) is 26.2. The van der Waals surface area contributed by atoms with Crippen molar-refractivity contribution in [2.75, 3.05) is 19.8 Å². The molecule has 5 nitrogen and oxygen atoms in total. The summed E-state index contributed by atoms with van der Waals surface area (Å²) in [5, 5.41) is 10.5. The van der Waals surface area contributed by atoms with Gasteiger partial charge in [0.25, 0.3) is 0 Å². The molecule has 336 valence electrons. The fraction of sp³-hybridized carbons (Fsp3) is 0.686. The highest BCUT2D eigenvalue weighted by Crippen LogP contribution is 2.64. The van der Waals surface area contributed by atoms with Gasteiger partial charge in [-0.3, -0.25) is 0 Å². The van der Waals surface area contributed by atoms with Gasteiger partial charge in [0.05, 0.1) is 19.3 Å². The van der Waals surface area contributed by atoms with Crippen molar-refractivity contribution >= 4 is 14.3 Å². The molecule has 1 aromatic carbocycles. The van der Waals surface area contributed by atoms with Crippen LogP contribution in [0.4, 0.5) is 74.6 Å². The number of hydrogen-bond donors (Lipinski definition) is 1. The molecule has 23 heteroatoms. The minimum atomic E-state index is -8.68. The quantitative estimate of drug-likeness (QED) is 0.0280. The highest BCUT2D eigenvalue weighted by molar-refractivity contribution is 6.76. The maximum Gasteiger partial charge on any atom is 0.460 e. The summed E-state index contributed by atoms with van der Waals surface area (Å²) >= 11 is 0. The Morgan fingerprint density at radius 2 is 1.19 bits per heavy atom. The number of benzene rings is 1. The molecule has 1 aromatic rings. The molecule has 0 saturated heterocycles. The van der Waals surface area contributed by atoms with E-state index in [0.29, 0.717) is 24.8 Å². The molecule has 0 fully saturated rings. The predicted octanol–water partition coefficient (Wildman–Crippen LogP) is 12.1. The molecular formula is C35H43F17O5Si. The molecule has 0 spiro atoms. The van der Waals surface area contributed by atoms with Gasteiger partial charge in [-0.15, -0.1) is 0 Å². The van der Waals surface area contributed by atoms with Gasteiger partial charge in [0, 0.05) is 12.5 Å². The Kier molecular flexibility index (Phi) is 17.8. The minimum Gasteiger partial charge on any atom is -0.491 e. The average molecular weight is 895 g/mol. The average Bonchev–Trinajstić information content (AvgIpc) is 3.09. The SMILES string of the molecule is CCOC(=O)/C=C/C=C/CCC[C@@H](O)c1ccc(OCCO[Si](CCC(F)(F)C(F)(F)C(F)(F)C(F)(F)C(F)(F)C(F)(F)C(F)(F)C(F)(F)F)(C(C)C)C(C)C)cc1. The fourth-order valence-corrected chi connectivity index (χ4v) is 10.1. The van der Waals surface area contributed by atoms with Crippen LogP contribution in [0.15, 0.2) is 48.6 Å². The molecule has 0 aliphatic carbocycles. The Hall–Kier alpha value is -3.08. The molecule has 0 aromatic heterocycles. The highest BCUT2D eigenvalue weighted by atomic mass is 28.4. The lowest BCUT2D eigenvalue weighted by atomic mass is 9.88. The zero-order valence-corrected chi connectivity index (χ0v) is 32.5. The van der Waals surface area contributed by atoms with Crippen LogP contribution >= 0.6 is 0 Å². The summed E-state index contributed by atoms with van der Waals surface area (Å²) in [6.07, 6.45) is -3.58. The third-order valence-electron chi connectivity index (χ3n) is 9.17. The van der Waals surface area contributed by atoms with E-state index in [-0.39, 0.29) is 19.0 Å². The Bertz CT molecular complexity index is 1500. The van der Waals surface area contributed by atoms with Crippen molar-refractivity contribution in [3.63, 3.8) is 0 Å². The molecule has 0 heterocycles. The van der Waals surface area contributed by atoms with E-state index in [1.165, 1.54) is 64.1 Å². The fourth-order valence-electron chi connectivity index (χ4n) is 5.63. The molecule has 0 aliphatic heterocycles. The van der Waals surface area contributed by atoms with E-state index >= 15 is 0 Å². The Morgan fingerprint density at radius 3 is 1.66 bits per heavy atom. The van der Waals surface area contributed by atoms with E-state index in [9.17, 15) is 84.5 Å². The van der Waals surface area contributed by atoms with Crippen LogP contribution in [0.5, 0.6) is 5.75 Å². The summed E-state index contributed by atoms with van der Waals surface area (Å²) in [7, 11) is -3.93. The molecule has 58 heavy (non-hydrogen) atoms. The van der Waals surface area contributed by atoms with Gasteiger partial charge in [0.1, 0.15) is 12.4 Å². The lowest BCUT2D eigenvalue weighted by Gasteiger charge is -2.44. The third kappa shape index (κ3) is 11.0. The number of ether oxygens (including phenoxy) is 2. The number of unbranched alkanes of at least 4 members (excludes halogenated alkanes) is 1. The van der Waals surface area contributed by atoms with Crippen LogP contribution in [0.2, 0.25) is 17.1 Å². The smallest absolute Gasteiger partial charge is 0.460 e. The number of carbonyl (C=O) groups is 1. The number of alkyl halides is 17. The van der Waals surface area contributed by atoms with Gasteiger partial charge in [0.15, 0.2) is 8.32 Å². The molecule has 0 bridgehead atoms. The Morgan fingerprint density at radius 1 is 0.707 bits per heavy atom. The number of aliphatic hydroxyl groups excluding tert-OH is 1. The second-order valence-corrected chi connectivity index (χ2v) is 18.7. The molecule has 1 N–H and O–H groups in total. The summed E-state index contributed by atoms with van der Waals surface area (Å²) < 4.78 is 250. The van der Waals surface area contributed by atoms with Crippen LogP contribution in [-0.4, -0.2) is 86.8 Å².